The molecule has 1 saturated heterocycles. The highest BCUT2D eigenvalue weighted by Crippen LogP contribution is 2.29. The molecule has 0 radical (unpaired) electrons. The molecule has 6 amide bonds. The third-order valence-corrected chi connectivity index (χ3v) is 11.4. The molecule has 8 N–H and O–H groups in total. The van der Waals surface area contributed by atoms with Crippen LogP contribution in [0.4, 0.5) is 0 Å². The average molecular weight is 832 g/mol. The Balaban J connectivity index is 2.11. The quantitative estimate of drug-likeness (QED) is 0.0671. The van der Waals surface area contributed by atoms with Gasteiger partial charge in [-0.1, -0.05) is 84.9 Å². The second-order valence-corrected chi connectivity index (χ2v) is 17.7. The van der Waals surface area contributed by atoms with Crippen molar-refractivity contribution in [1.82, 2.24) is 31.1 Å². The Morgan fingerprint density at radius 1 is 0.983 bits per heavy atom. The molecule has 322 valence electrons. The van der Waals surface area contributed by atoms with E-state index >= 15 is 0 Å². The second-order valence-electron chi connectivity index (χ2n) is 16.4. The highest BCUT2D eigenvalue weighted by Gasteiger charge is 2.42. The minimum absolute atomic E-state index is 0.0724. The fourth-order valence-corrected chi connectivity index (χ4v) is 7.62. The molecule has 58 heavy (non-hydrogen) atoms. The van der Waals surface area contributed by atoms with Crippen molar-refractivity contribution in [2.24, 2.45) is 17.1 Å². The molecule has 6 atom stereocenters. The number of nitrogens with two attached hydrogens (primary N) is 1. The summed E-state index contributed by atoms with van der Waals surface area (Å²) in [6.07, 6.45) is 0.734. The number of hydrogen-bond donors (Lipinski definition) is 7. The van der Waals surface area contributed by atoms with Gasteiger partial charge in [0.05, 0.1) is 23.8 Å². The summed E-state index contributed by atoms with van der Waals surface area (Å²) in [5.74, 6) is -6.37. The summed E-state index contributed by atoms with van der Waals surface area (Å²) in [7, 11) is 3.26. The van der Waals surface area contributed by atoms with Crippen molar-refractivity contribution in [3.8, 4) is 0 Å². The summed E-state index contributed by atoms with van der Waals surface area (Å²) < 4.78 is 0. The minimum Gasteiger partial charge on any atom is -0.480 e. The lowest BCUT2D eigenvalue weighted by Gasteiger charge is -2.40. The number of hydrogen-bond acceptors (Lipinski definition) is 11. The molecular formula is C40H61N7O10S. The Kier molecular flexibility index (Phi) is 18.1. The van der Waals surface area contributed by atoms with Crippen LogP contribution in [0.15, 0.2) is 42.0 Å². The van der Waals surface area contributed by atoms with Gasteiger partial charge in [-0.25, -0.2) is 4.79 Å². The molecule has 2 unspecified atom stereocenters. The third kappa shape index (κ3) is 13.4. The van der Waals surface area contributed by atoms with Gasteiger partial charge in [0.1, 0.15) is 18.1 Å². The number of imide groups is 1. The van der Waals surface area contributed by atoms with E-state index < -0.39 is 94.2 Å². The molecule has 2 rings (SSSR count). The molecule has 1 aliphatic rings. The van der Waals surface area contributed by atoms with Gasteiger partial charge in [0, 0.05) is 43.3 Å². The number of aliphatic carboxylic acids is 2. The SMILES string of the molecule is CN[C@H](C(=O)NC(C(=O)N(C)[C@H](/C=C(\C)C(=O)N[C@H](CC(=O)NCCN1C(=O)CC(SC[C@H](N)C(=O)O)C1=O)C(=O)O)C(C)C)C(C)(C)C)C(C)(C)c1ccccc1. The van der Waals surface area contributed by atoms with E-state index in [2.05, 4.69) is 21.3 Å². The summed E-state index contributed by atoms with van der Waals surface area (Å²) >= 11 is 0.957. The lowest BCUT2D eigenvalue weighted by atomic mass is 9.76. The highest BCUT2D eigenvalue weighted by molar-refractivity contribution is 8.00. The van der Waals surface area contributed by atoms with Crippen molar-refractivity contribution in [3.63, 3.8) is 0 Å². The molecule has 1 aromatic rings. The van der Waals surface area contributed by atoms with Crippen LogP contribution in [0.1, 0.15) is 73.8 Å². The molecule has 0 spiro atoms. The third-order valence-electron chi connectivity index (χ3n) is 10.1. The second kappa shape index (κ2) is 21.3. The van der Waals surface area contributed by atoms with Crippen LogP contribution in [0.5, 0.6) is 0 Å². The maximum absolute atomic E-state index is 14.2. The summed E-state index contributed by atoms with van der Waals surface area (Å²) in [5, 5.41) is 28.9. The number of amides is 6. The number of likely N-dealkylation sites (N-methyl/N-ethyl adjacent to an activating group) is 2. The van der Waals surface area contributed by atoms with Crippen molar-refractivity contribution in [2.75, 3.05) is 32.9 Å². The predicted molar refractivity (Wildman–Crippen MR) is 219 cm³/mol. The highest BCUT2D eigenvalue weighted by atomic mass is 32.2. The Labute approximate surface area is 344 Å². The molecule has 1 fully saturated rings. The zero-order valence-corrected chi connectivity index (χ0v) is 35.9. The van der Waals surface area contributed by atoms with Crippen LogP contribution in [-0.4, -0.2) is 136 Å². The summed E-state index contributed by atoms with van der Waals surface area (Å²) in [6, 6.07) is 4.42. The number of carbonyl (C=O) groups is 8. The lowest BCUT2D eigenvalue weighted by molar-refractivity contribution is -0.143. The zero-order chi connectivity index (χ0) is 44.3. The van der Waals surface area contributed by atoms with E-state index in [1.54, 1.807) is 14.1 Å². The molecule has 0 aromatic heterocycles. The fraction of sp³-hybridized carbons (Fsp3) is 0.600. The van der Waals surface area contributed by atoms with Crippen molar-refractivity contribution in [1.29, 1.82) is 0 Å². The molecule has 1 heterocycles. The van der Waals surface area contributed by atoms with Gasteiger partial charge in [-0.3, -0.25) is 38.5 Å². The van der Waals surface area contributed by atoms with Crippen LogP contribution in [0.3, 0.4) is 0 Å². The monoisotopic (exact) mass is 831 g/mol. The van der Waals surface area contributed by atoms with Crippen molar-refractivity contribution < 1.29 is 48.6 Å². The van der Waals surface area contributed by atoms with Gasteiger partial charge >= 0.3 is 11.9 Å². The van der Waals surface area contributed by atoms with Crippen LogP contribution < -0.4 is 27.0 Å². The van der Waals surface area contributed by atoms with Crippen LogP contribution in [-0.2, 0) is 43.8 Å². The average Bonchev–Trinajstić information content (AvgIpc) is 3.41. The van der Waals surface area contributed by atoms with Crippen LogP contribution in [0, 0.1) is 11.3 Å². The first kappa shape index (κ1) is 49.3. The van der Waals surface area contributed by atoms with Crippen LogP contribution >= 0.6 is 11.8 Å². The van der Waals surface area contributed by atoms with E-state index in [0.717, 1.165) is 22.2 Å². The Morgan fingerprint density at radius 3 is 2.10 bits per heavy atom. The number of carbonyl (C=O) groups excluding carboxylic acids is 6. The van der Waals surface area contributed by atoms with E-state index in [-0.39, 0.29) is 42.7 Å². The zero-order valence-electron chi connectivity index (χ0n) is 35.1. The largest absolute Gasteiger partial charge is 0.480 e. The van der Waals surface area contributed by atoms with Crippen LogP contribution in [0.2, 0.25) is 0 Å². The van der Waals surface area contributed by atoms with E-state index in [0.29, 0.717) is 0 Å². The normalized spacial score (nSPS) is 17.6. The Bertz CT molecular complexity index is 1710. The number of nitrogens with one attached hydrogen (secondary N) is 4. The smallest absolute Gasteiger partial charge is 0.326 e. The van der Waals surface area contributed by atoms with Gasteiger partial charge in [0.2, 0.25) is 35.4 Å². The molecule has 0 aliphatic carbocycles. The first-order chi connectivity index (χ1) is 26.8. The van der Waals surface area contributed by atoms with E-state index in [1.165, 1.54) is 17.9 Å². The van der Waals surface area contributed by atoms with Crippen LogP contribution in [0.25, 0.3) is 0 Å². The number of likely N-dealkylation sites (tertiary alicyclic amines) is 1. The van der Waals surface area contributed by atoms with E-state index in [9.17, 15) is 43.5 Å². The van der Waals surface area contributed by atoms with Gasteiger partial charge < -0.3 is 42.1 Å². The predicted octanol–water partition coefficient (Wildman–Crippen LogP) is 0.861. The maximum Gasteiger partial charge on any atom is 0.326 e. The number of nitrogens with zero attached hydrogens (tertiary/aromatic N) is 2. The van der Waals surface area contributed by atoms with Gasteiger partial charge in [0.25, 0.3) is 0 Å². The summed E-state index contributed by atoms with van der Waals surface area (Å²) in [4.78, 5) is 105. The molecule has 1 aliphatic heterocycles. The van der Waals surface area contributed by atoms with Gasteiger partial charge in [-0.05, 0) is 30.9 Å². The summed E-state index contributed by atoms with van der Waals surface area (Å²) in [5.41, 5.74) is 5.14. The number of benzene rings is 1. The van der Waals surface area contributed by atoms with Gasteiger partial charge in [0.15, 0.2) is 0 Å². The Morgan fingerprint density at radius 2 is 1.59 bits per heavy atom. The maximum atomic E-state index is 14.2. The first-order valence-corrected chi connectivity index (χ1v) is 20.1. The first-order valence-electron chi connectivity index (χ1n) is 19.1. The molecule has 1 aromatic carbocycles. The number of carboxylic acid groups (broad SMARTS) is 2. The van der Waals surface area contributed by atoms with Gasteiger partial charge in [-0.2, -0.15) is 0 Å². The Hall–Kier alpha value is -4.81. The lowest BCUT2D eigenvalue weighted by Crippen LogP contribution is -2.61. The van der Waals surface area contributed by atoms with Crippen molar-refractivity contribution in [3.05, 3.63) is 47.5 Å². The van der Waals surface area contributed by atoms with E-state index in [4.69, 9.17) is 10.8 Å². The van der Waals surface area contributed by atoms with Crippen molar-refractivity contribution >= 4 is 59.1 Å². The molecular weight excluding hydrogens is 771 g/mol. The summed E-state index contributed by atoms with van der Waals surface area (Å²) in [6.45, 7) is 14.2. The molecule has 0 bridgehead atoms. The van der Waals surface area contributed by atoms with Crippen molar-refractivity contribution in [2.45, 2.75) is 109 Å². The molecule has 18 heteroatoms. The minimum atomic E-state index is -1.64. The standard InChI is InChI=1S/C40H61N7O10S/c1-22(2)27(46(10)36(53)32(39(4,5)6)45-34(51)31(42-9)40(7,8)24-14-12-11-13-15-24)18-23(3)33(50)44-26(38(56)57)19-29(48)43-16-17-47-30(49)20-28(35(47)52)58-21-25(41)37(54)55/h11-15,18,22,25-28,31-32,42H,16-17,19-21,41H2,1-10H3,(H,43,48)(H,44,50)(H,45,51)(H,54,55)(H,56,57)/b23-18+/t25-,26+,27+,28?,31+,32?/m0/s1. The number of rotatable bonds is 21. The number of carboxylic acids is 2. The topological polar surface area (TPSA) is 258 Å². The fourth-order valence-electron chi connectivity index (χ4n) is 6.51. The molecule has 17 nitrogen and oxygen atoms in total. The van der Waals surface area contributed by atoms with Gasteiger partial charge in [-0.15, -0.1) is 11.8 Å². The number of thioether (sulfide) groups is 1. The van der Waals surface area contributed by atoms with E-state index in [1.807, 2.05) is 78.8 Å². The molecule has 0 saturated carbocycles.